The minimum Gasteiger partial charge on any atom is -0.390 e. The van der Waals surface area contributed by atoms with E-state index in [-0.39, 0.29) is 5.91 Å². The molecule has 1 aliphatic heterocycles. The lowest BCUT2D eigenvalue weighted by Crippen LogP contribution is -2.44. The van der Waals surface area contributed by atoms with E-state index in [0.717, 1.165) is 12.0 Å². The summed E-state index contributed by atoms with van der Waals surface area (Å²) in [5, 5.41) is 27.0. The molecule has 8 heteroatoms. The Kier molecular flexibility index (Phi) is 7.15. The molecule has 156 valence electrons. The van der Waals surface area contributed by atoms with Gasteiger partial charge >= 0.3 is 0 Å². The Bertz CT molecular complexity index is 905. The molecule has 2 aromatic carbocycles. The average molecular weight is 418 g/mol. The van der Waals surface area contributed by atoms with Gasteiger partial charge in [-0.25, -0.2) is 4.21 Å². The van der Waals surface area contributed by atoms with Gasteiger partial charge in [0.05, 0.1) is 16.6 Å². The van der Waals surface area contributed by atoms with Crippen molar-refractivity contribution in [2.75, 3.05) is 6.54 Å². The SMILES string of the molecule is CCc1cccc(CNCC(O)C(C)NC(O)c2ccc3c(c2)S(=O)NC3=O)c1. The first kappa shape index (κ1) is 21.6. The Morgan fingerprint density at radius 3 is 2.66 bits per heavy atom. The molecule has 0 aliphatic carbocycles. The largest absolute Gasteiger partial charge is 0.390 e. The van der Waals surface area contributed by atoms with Gasteiger partial charge in [-0.05, 0) is 42.2 Å². The van der Waals surface area contributed by atoms with Crippen molar-refractivity contribution in [3.8, 4) is 0 Å². The van der Waals surface area contributed by atoms with E-state index < -0.39 is 29.4 Å². The minimum atomic E-state index is -1.60. The fourth-order valence-electron chi connectivity index (χ4n) is 3.20. The second kappa shape index (κ2) is 9.60. The summed E-state index contributed by atoms with van der Waals surface area (Å²) in [6, 6.07) is 12.6. The molecular formula is C21H27N3O4S. The molecule has 0 bridgehead atoms. The number of aliphatic hydroxyl groups is 2. The quantitative estimate of drug-likeness (QED) is 0.391. The van der Waals surface area contributed by atoms with Gasteiger partial charge in [-0.3, -0.25) is 14.8 Å². The van der Waals surface area contributed by atoms with Crippen molar-refractivity contribution in [3.63, 3.8) is 0 Å². The van der Waals surface area contributed by atoms with Crippen LogP contribution < -0.4 is 15.4 Å². The zero-order valence-electron chi connectivity index (χ0n) is 16.5. The first-order valence-corrected chi connectivity index (χ1v) is 10.8. The first-order chi connectivity index (χ1) is 13.9. The fourth-order valence-corrected chi connectivity index (χ4v) is 4.19. The summed E-state index contributed by atoms with van der Waals surface area (Å²) in [5.74, 6) is -0.383. The minimum absolute atomic E-state index is 0.351. The van der Waals surface area contributed by atoms with Crippen LogP contribution in [0.15, 0.2) is 47.4 Å². The second-order valence-corrected chi connectivity index (χ2v) is 8.37. The second-order valence-electron chi connectivity index (χ2n) is 7.19. The topological polar surface area (TPSA) is 111 Å². The number of nitrogens with one attached hydrogen (secondary N) is 3. The van der Waals surface area contributed by atoms with Crippen molar-refractivity contribution < 1.29 is 19.2 Å². The monoisotopic (exact) mass is 417 g/mol. The molecule has 1 amide bonds. The van der Waals surface area contributed by atoms with Crippen molar-refractivity contribution in [2.45, 2.75) is 50.1 Å². The van der Waals surface area contributed by atoms with Gasteiger partial charge in [-0.2, -0.15) is 0 Å². The van der Waals surface area contributed by atoms with Crippen LogP contribution in [0.3, 0.4) is 0 Å². The molecule has 0 saturated heterocycles. The third kappa shape index (κ3) is 5.29. The Hall–Kier alpha value is -2.10. The lowest BCUT2D eigenvalue weighted by Gasteiger charge is -2.24. The molecule has 4 atom stereocenters. The van der Waals surface area contributed by atoms with Gasteiger partial charge < -0.3 is 15.5 Å². The van der Waals surface area contributed by atoms with Crippen molar-refractivity contribution >= 4 is 16.9 Å². The smallest absolute Gasteiger partial charge is 0.264 e. The molecule has 0 spiro atoms. The first-order valence-electron chi connectivity index (χ1n) is 9.66. The number of benzene rings is 2. The van der Waals surface area contributed by atoms with E-state index in [1.165, 1.54) is 5.56 Å². The molecule has 7 nitrogen and oxygen atoms in total. The summed E-state index contributed by atoms with van der Waals surface area (Å²) in [5.41, 5.74) is 3.27. The number of carbonyl (C=O) groups is 1. The third-order valence-electron chi connectivity index (χ3n) is 5.03. The van der Waals surface area contributed by atoms with Crippen LogP contribution in [-0.4, -0.2) is 39.0 Å². The highest BCUT2D eigenvalue weighted by molar-refractivity contribution is 7.84. The predicted molar refractivity (Wildman–Crippen MR) is 111 cm³/mol. The van der Waals surface area contributed by atoms with E-state index in [1.54, 1.807) is 25.1 Å². The number of hydrogen-bond acceptors (Lipinski definition) is 6. The fraction of sp³-hybridized carbons (Fsp3) is 0.381. The maximum absolute atomic E-state index is 11.9. The van der Waals surface area contributed by atoms with Gasteiger partial charge in [0.1, 0.15) is 6.23 Å². The normalized spacial score (nSPS) is 18.8. The number of rotatable bonds is 9. The molecule has 4 unspecified atom stereocenters. The molecule has 5 N–H and O–H groups in total. The van der Waals surface area contributed by atoms with Crippen LogP contribution in [0.1, 0.15) is 47.1 Å². The Morgan fingerprint density at radius 1 is 1.14 bits per heavy atom. The van der Waals surface area contributed by atoms with Crippen LogP contribution >= 0.6 is 0 Å². The van der Waals surface area contributed by atoms with Gasteiger partial charge in [0.2, 0.25) is 0 Å². The zero-order valence-corrected chi connectivity index (χ0v) is 17.3. The van der Waals surface area contributed by atoms with E-state index in [2.05, 4.69) is 34.4 Å². The third-order valence-corrected chi connectivity index (χ3v) is 6.14. The van der Waals surface area contributed by atoms with E-state index in [9.17, 15) is 19.2 Å². The van der Waals surface area contributed by atoms with E-state index >= 15 is 0 Å². The molecule has 3 rings (SSSR count). The number of amides is 1. The molecule has 1 heterocycles. The Morgan fingerprint density at radius 2 is 1.90 bits per heavy atom. The van der Waals surface area contributed by atoms with Gasteiger partial charge in [0.15, 0.2) is 11.0 Å². The van der Waals surface area contributed by atoms with Crippen LogP contribution in [0.5, 0.6) is 0 Å². The molecule has 29 heavy (non-hydrogen) atoms. The molecular weight excluding hydrogens is 390 g/mol. The molecule has 0 fully saturated rings. The van der Waals surface area contributed by atoms with Crippen molar-refractivity contribution in [1.29, 1.82) is 0 Å². The van der Waals surface area contributed by atoms with E-state index in [4.69, 9.17) is 0 Å². The standard InChI is InChI=1S/C21H27N3O4S/c1-3-14-5-4-6-15(9-14)11-22-12-18(25)13(2)23-20(26)16-7-8-17-19(10-16)29(28)24-21(17)27/h4-10,13,18,20,22-23,25-26H,3,11-12H2,1-2H3,(H,24,27). The number of hydrogen-bond donors (Lipinski definition) is 5. The van der Waals surface area contributed by atoms with Crippen LogP contribution in [0.4, 0.5) is 0 Å². The van der Waals surface area contributed by atoms with Crippen LogP contribution in [0.25, 0.3) is 0 Å². The molecule has 0 aromatic heterocycles. The predicted octanol–water partition coefficient (Wildman–Crippen LogP) is 1.13. The highest BCUT2D eigenvalue weighted by Crippen LogP contribution is 2.23. The molecule has 0 radical (unpaired) electrons. The van der Waals surface area contributed by atoms with Crippen molar-refractivity contribution in [1.82, 2.24) is 15.4 Å². The Labute approximate surface area is 173 Å². The number of aryl methyl sites for hydroxylation is 1. The summed E-state index contributed by atoms with van der Waals surface area (Å²) in [4.78, 5) is 12.0. The van der Waals surface area contributed by atoms with Gasteiger partial charge in [-0.1, -0.05) is 37.3 Å². The average Bonchev–Trinajstić information content (AvgIpc) is 3.01. The van der Waals surface area contributed by atoms with Gasteiger partial charge in [0.25, 0.3) is 5.91 Å². The maximum atomic E-state index is 11.9. The molecule has 2 aromatic rings. The Balaban J connectivity index is 1.51. The maximum Gasteiger partial charge on any atom is 0.264 e. The summed E-state index contributed by atoms with van der Waals surface area (Å²) >= 11 is 0. The van der Waals surface area contributed by atoms with Gasteiger partial charge in [0, 0.05) is 19.1 Å². The molecule has 1 aliphatic rings. The van der Waals surface area contributed by atoms with Crippen molar-refractivity contribution in [2.24, 2.45) is 0 Å². The van der Waals surface area contributed by atoms with Gasteiger partial charge in [-0.15, -0.1) is 0 Å². The van der Waals surface area contributed by atoms with Crippen LogP contribution in [0, 0.1) is 0 Å². The summed E-state index contributed by atoms with van der Waals surface area (Å²) in [6.45, 7) is 4.91. The molecule has 0 saturated carbocycles. The van der Waals surface area contributed by atoms with E-state index in [1.807, 2.05) is 12.1 Å². The zero-order chi connectivity index (χ0) is 21.0. The number of aliphatic hydroxyl groups excluding tert-OH is 2. The van der Waals surface area contributed by atoms with Crippen LogP contribution in [-0.2, 0) is 24.0 Å². The summed E-state index contributed by atoms with van der Waals surface area (Å²) in [6.07, 6.45) is -0.791. The highest BCUT2D eigenvalue weighted by Gasteiger charge is 2.27. The number of fused-ring (bicyclic) bond motifs is 1. The lowest BCUT2D eigenvalue weighted by molar-refractivity contribution is 0.0705. The lowest BCUT2D eigenvalue weighted by atomic mass is 10.1. The van der Waals surface area contributed by atoms with E-state index in [0.29, 0.717) is 29.1 Å². The van der Waals surface area contributed by atoms with Crippen molar-refractivity contribution in [3.05, 3.63) is 64.7 Å². The summed E-state index contributed by atoms with van der Waals surface area (Å²) < 4.78 is 14.2. The van der Waals surface area contributed by atoms with Crippen LogP contribution in [0.2, 0.25) is 0 Å². The highest BCUT2D eigenvalue weighted by atomic mass is 32.2. The summed E-state index contributed by atoms with van der Waals surface area (Å²) in [7, 11) is -1.60. The number of carbonyl (C=O) groups excluding carboxylic acids is 1.